The van der Waals surface area contributed by atoms with E-state index in [0.29, 0.717) is 6.42 Å². The van der Waals surface area contributed by atoms with Crippen LogP contribution in [0.1, 0.15) is 26.7 Å². The van der Waals surface area contributed by atoms with Crippen LogP contribution in [-0.2, 0) is 9.84 Å². The Bertz CT molecular complexity index is 327. The van der Waals surface area contributed by atoms with Crippen molar-refractivity contribution in [2.24, 2.45) is 10.9 Å². The molecule has 0 bridgehead atoms. The van der Waals surface area contributed by atoms with Gasteiger partial charge >= 0.3 is 0 Å². The van der Waals surface area contributed by atoms with E-state index >= 15 is 0 Å². The topological polar surface area (TPSA) is 105 Å². The van der Waals surface area contributed by atoms with Crippen molar-refractivity contribution < 1.29 is 13.6 Å². The molecule has 96 valence electrons. The molecule has 0 rings (SSSR count). The van der Waals surface area contributed by atoms with Gasteiger partial charge in [-0.2, -0.15) is 0 Å². The second-order valence-electron chi connectivity index (χ2n) is 4.06. The van der Waals surface area contributed by atoms with E-state index in [0.717, 1.165) is 6.42 Å². The van der Waals surface area contributed by atoms with Crippen LogP contribution in [0.4, 0.5) is 0 Å². The third-order valence-corrected chi connectivity index (χ3v) is 3.26. The lowest BCUT2D eigenvalue weighted by atomic mass is 10.1. The maximum absolute atomic E-state index is 11.1. The van der Waals surface area contributed by atoms with E-state index < -0.39 is 9.84 Å². The smallest absolute Gasteiger partial charge is 0.148 e. The molecule has 4 N–H and O–H groups in total. The number of sulfone groups is 1. The first-order chi connectivity index (χ1) is 7.28. The van der Waals surface area contributed by atoms with Crippen molar-refractivity contribution >= 4 is 15.7 Å². The van der Waals surface area contributed by atoms with Crippen LogP contribution < -0.4 is 11.1 Å². The molecule has 0 radical (unpaired) electrons. The zero-order chi connectivity index (χ0) is 12.8. The summed E-state index contributed by atoms with van der Waals surface area (Å²) in [6.07, 6.45) is 2.39. The molecule has 0 aliphatic rings. The van der Waals surface area contributed by atoms with Crippen molar-refractivity contribution in [3.63, 3.8) is 0 Å². The molecule has 0 saturated heterocycles. The molecule has 16 heavy (non-hydrogen) atoms. The molecule has 0 spiro atoms. The normalized spacial score (nSPS) is 17.1. The summed E-state index contributed by atoms with van der Waals surface area (Å²) in [4.78, 5) is 0. The molecule has 2 unspecified atom stereocenters. The van der Waals surface area contributed by atoms with Crippen molar-refractivity contribution in [3.05, 3.63) is 0 Å². The molecule has 6 nitrogen and oxygen atoms in total. The quantitative estimate of drug-likeness (QED) is 0.254. The Labute approximate surface area is 96.8 Å². The highest BCUT2D eigenvalue weighted by molar-refractivity contribution is 7.90. The number of nitrogens with one attached hydrogen (secondary N) is 1. The predicted octanol–water partition coefficient (Wildman–Crippen LogP) is -0.0758. The van der Waals surface area contributed by atoms with Crippen molar-refractivity contribution in [2.75, 3.05) is 12.0 Å². The molecule has 2 atom stereocenters. The summed E-state index contributed by atoms with van der Waals surface area (Å²) < 4.78 is 22.1. The van der Waals surface area contributed by atoms with Crippen LogP contribution in [0.2, 0.25) is 0 Å². The fourth-order valence-corrected chi connectivity index (χ4v) is 2.52. The maximum Gasteiger partial charge on any atom is 0.148 e. The molecule has 0 aromatic rings. The molecule has 0 aliphatic carbocycles. The molecule has 0 saturated carbocycles. The van der Waals surface area contributed by atoms with E-state index in [1.54, 1.807) is 6.92 Å². The van der Waals surface area contributed by atoms with Gasteiger partial charge in [-0.15, -0.1) is 0 Å². The first kappa shape index (κ1) is 15.2. The number of nitrogens with zero attached hydrogens (tertiary/aromatic N) is 1. The minimum atomic E-state index is -2.98. The highest BCUT2D eigenvalue weighted by Crippen LogP contribution is 2.01. The van der Waals surface area contributed by atoms with Gasteiger partial charge in [0.2, 0.25) is 0 Å². The van der Waals surface area contributed by atoms with E-state index in [9.17, 15) is 8.42 Å². The van der Waals surface area contributed by atoms with Crippen LogP contribution in [0, 0.1) is 0 Å². The van der Waals surface area contributed by atoms with Crippen LogP contribution >= 0.6 is 0 Å². The largest absolute Gasteiger partial charge is 0.409 e. The zero-order valence-electron chi connectivity index (χ0n) is 9.97. The van der Waals surface area contributed by atoms with Gasteiger partial charge in [-0.3, -0.25) is 0 Å². The molecular formula is C9H21N3O3S. The van der Waals surface area contributed by atoms with Gasteiger partial charge in [-0.25, -0.2) is 8.42 Å². The third-order valence-electron chi connectivity index (χ3n) is 2.15. The lowest BCUT2D eigenvalue weighted by Gasteiger charge is -2.21. The number of oxime groups is 1. The minimum absolute atomic E-state index is 0.0210. The first-order valence-corrected chi connectivity index (χ1v) is 7.24. The Morgan fingerprint density at radius 2 is 2.12 bits per heavy atom. The summed E-state index contributed by atoms with van der Waals surface area (Å²) >= 11 is 0. The second kappa shape index (κ2) is 6.70. The number of hydrogen-bond acceptors (Lipinski definition) is 5. The summed E-state index contributed by atoms with van der Waals surface area (Å²) in [6, 6.07) is -0.126. The number of nitrogens with two attached hydrogens (primary N) is 1. The minimum Gasteiger partial charge on any atom is -0.409 e. The monoisotopic (exact) mass is 251 g/mol. The molecule has 0 aromatic heterocycles. The Balaban J connectivity index is 4.22. The van der Waals surface area contributed by atoms with E-state index in [-0.39, 0.29) is 23.7 Å². The third kappa shape index (κ3) is 7.47. The summed E-state index contributed by atoms with van der Waals surface area (Å²) in [7, 11) is -2.98. The van der Waals surface area contributed by atoms with E-state index in [2.05, 4.69) is 10.5 Å². The molecule has 0 aliphatic heterocycles. The SMILES string of the molecule is CCC(CC(N)=NO)NC(C)CS(C)(=O)=O. The lowest BCUT2D eigenvalue weighted by molar-refractivity contribution is 0.315. The van der Waals surface area contributed by atoms with Crippen LogP contribution in [0.15, 0.2) is 5.16 Å². The number of rotatable bonds is 7. The highest BCUT2D eigenvalue weighted by Gasteiger charge is 2.15. The average molecular weight is 251 g/mol. The van der Waals surface area contributed by atoms with Crippen LogP contribution in [-0.4, -0.2) is 43.6 Å². The Morgan fingerprint density at radius 1 is 1.56 bits per heavy atom. The highest BCUT2D eigenvalue weighted by atomic mass is 32.2. The maximum atomic E-state index is 11.1. The fourth-order valence-electron chi connectivity index (χ4n) is 1.52. The molecule has 0 fully saturated rings. The Morgan fingerprint density at radius 3 is 2.50 bits per heavy atom. The zero-order valence-corrected chi connectivity index (χ0v) is 10.8. The lowest BCUT2D eigenvalue weighted by Crippen LogP contribution is -2.42. The van der Waals surface area contributed by atoms with Crippen molar-refractivity contribution in [1.82, 2.24) is 5.32 Å². The van der Waals surface area contributed by atoms with E-state index in [1.807, 2.05) is 6.92 Å². The van der Waals surface area contributed by atoms with Gasteiger partial charge in [-0.1, -0.05) is 12.1 Å². The summed E-state index contributed by atoms with van der Waals surface area (Å²) in [5.41, 5.74) is 5.39. The standard InChI is InChI=1S/C9H21N3O3S/c1-4-8(5-9(10)12-13)11-7(2)6-16(3,14)15/h7-8,11,13H,4-6H2,1-3H3,(H2,10,12). The summed E-state index contributed by atoms with van der Waals surface area (Å²) in [5, 5.41) is 14.5. The van der Waals surface area contributed by atoms with Gasteiger partial charge in [0.05, 0.1) is 5.75 Å². The Hall–Kier alpha value is -0.820. The Kier molecular flexibility index (Phi) is 6.35. The van der Waals surface area contributed by atoms with Gasteiger partial charge in [0, 0.05) is 24.8 Å². The average Bonchev–Trinajstić information content (AvgIpc) is 2.13. The van der Waals surface area contributed by atoms with E-state index in [4.69, 9.17) is 10.9 Å². The summed E-state index contributed by atoms with van der Waals surface area (Å²) in [5.74, 6) is 0.227. The molecule has 7 heteroatoms. The molecule has 0 amide bonds. The van der Waals surface area contributed by atoms with Crippen molar-refractivity contribution in [2.45, 2.75) is 38.8 Å². The number of amidine groups is 1. The van der Waals surface area contributed by atoms with Crippen LogP contribution in [0.25, 0.3) is 0 Å². The first-order valence-electron chi connectivity index (χ1n) is 5.18. The summed E-state index contributed by atoms with van der Waals surface area (Å²) in [6.45, 7) is 3.76. The molecular weight excluding hydrogens is 230 g/mol. The van der Waals surface area contributed by atoms with Crippen molar-refractivity contribution in [1.29, 1.82) is 0 Å². The van der Waals surface area contributed by atoms with Crippen molar-refractivity contribution in [3.8, 4) is 0 Å². The predicted molar refractivity (Wildman–Crippen MR) is 64.4 cm³/mol. The van der Waals surface area contributed by atoms with Gasteiger partial charge in [0.1, 0.15) is 15.7 Å². The fraction of sp³-hybridized carbons (Fsp3) is 0.889. The van der Waals surface area contributed by atoms with Gasteiger partial charge in [0.15, 0.2) is 0 Å². The van der Waals surface area contributed by atoms with Gasteiger partial charge < -0.3 is 16.3 Å². The molecule has 0 aromatic carbocycles. The van der Waals surface area contributed by atoms with E-state index in [1.165, 1.54) is 6.26 Å². The second-order valence-corrected chi connectivity index (χ2v) is 6.25. The molecule has 0 heterocycles. The van der Waals surface area contributed by atoms with Crippen LogP contribution in [0.5, 0.6) is 0 Å². The van der Waals surface area contributed by atoms with Gasteiger partial charge in [-0.05, 0) is 13.3 Å². The number of hydrogen-bond donors (Lipinski definition) is 3. The van der Waals surface area contributed by atoms with Gasteiger partial charge in [0.25, 0.3) is 0 Å². The van der Waals surface area contributed by atoms with Crippen LogP contribution in [0.3, 0.4) is 0 Å².